The summed E-state index contributed by atoms with van der Waals surface area (Å²) in [5.74, 6) is 1.41. The number of piperazine rings is 1. The summed E-state index contributed by atoms with van der Waals surface area (Å²) < 4.78 is 18.3. The van der Waals surface area contributed by atoms with Gasteiger partial charge in [0.05, 0.1) is 5.69 Å². The van der Waals surface area contributed by atoms with Gasteiger partial charge in [-0.3, -0.25) is 9.89 Å². The van der Waals surface area contributed by atoms with Gasteiger partial charge in [0.1, 0.15) is 11.6 Å². The number of aliphatic imine (C=N–C) groups is 1. The number of guanidine groups is 1. The Morgan fingerprint density at radius 2 is 2.07 bits per heavy atom. The van der Waals surface area contributed by atoms with E-state index < -0.39 is 0 Å². The van der Waals surface area contributed by atoms with Crippen LogP contribution in [0.25, 0.3) is 0 Å². The lowest BCUT2D eigenvalue weighted by Gasteiger charge is -2.36. The molecule has 1 N–H and O–H groups in total. The van der Waals surface area contributed by atoms with Crippen molar-refractivity contribution in [2.75, 3.05) is 39.8 Å². The molecule has 0 bridgehead atoms. The largest absolute Gasteiger partial charge is 0.361 e. The van der Waals surface area contributed by atoms with Crippen molar-refractivity contribution in [1.29, 1.82) is 0 Å². The molecule has 1 saturated heterocycles. The van der Waals surface area contributed by atoms with Crippen molar-refractivity contribution in [1.82, 2.24) is 20.3 Å². The van der Waals surface area contributed by atoms with Crippen LogP contribution < -0.4 is 5.32 Å². The summed E-state index contributed by atoms with van der Waals surface area (Å²) in [6.07, 6.45) is 0.712. The van der Waals surface area contributed by atoms with E-state index in [1.54, 1.807) is 13.1 Å². The summed E-state index contributed by atoms with van der Waals surface area (Å²) >= 11 is 6.09. The Labute approximate surface area is 164 Å². The molecule has 0 radical (unpaired) electrons. The summed E-state index contributed by atoms with van der Waals surface area (Å²) in [6, 6.07) is 6.49. The third-order valence-electron chi connectivity index (χ3n) is 4.64. The molecule has 146 valence electrons. The lowest BCUT2D eigenvalue weighted by molar-refractivity contribution is 0.169. The highest BCUT2D eigenvalue weighted by atomic mass is 35.5. The maximum Gasteiger partial charge on any atom is 0.193 e. The van der Waals surface area contributed by atoms with E-state index in [4.69, 9.17) is 16.1 Å². The summed E-state index contributed by atoms with van der Waals surface area (Å²) in [7, 11) is 1.79. The van der Waals surface area contributed by atoms with Crippen molar-refractivity contribution in [3.63, 3.8) is 0 Å². The Balaban J connectivity index is 1.44. The van der Waals surface area contributed by atoms with Crippen molar-refractivity contribution in [2.24, 2.45) is 4.99 Å². The topological polar surface area (TPSA) is 56.9 Å². The van der Waals surface area contributed by atoms with Gasteiger partial charge in [-0.25, -0.2) is 4.39 Å². The van der Waals surface area contributed by atoms with Crippen molar-refractivity contribution in [3.05, 3.63) is 52.1 Å². The summed E-state index contributed by atoms with van der Waals surface area (Å²) in [5.41, 5.74) is 1.90. The van der Waals surface area contributed by atoms with Gasteiger partial charge in [-0.15, -0.1) is 0 Å². The molecule has 2 heterocycles. The van der Waals surface area contributed by atoms with E-state index in [9.17, 15) is 4.39 Å². The van der Waals surface area contributed by atoms with Gasteiger partial charge in [0.25, 0.3) is 0 Å². The average Bonchev–Trinajstić information content (AvgIpc) is 3.06. The summed E-state index contributed by atoms with van der Waals surface area (Å²) in [5, 5.41) is 7.90. The number of hydrogen-bond donors (Lipinski definition) is 1. The van der Waals surface area contributed by atoms with E-state index in [1.807, 2.05) is 13.0 Å². The van der Waals surface area contributed by atoms with Crippen molar-refractivity contribution in [2.45, 2.75) is 19.9 Å². The lowest BCUT2D eigenvalue weighted by atomic mass is 10.1. The molecule has 1 aliphatic rings. The minimum Gasteiger partial charge on any atom is -0.361 e. The van der Waals surface area contributed by atoms with Gasteiger partial charge in [0, 0.05) is 57.4 Å². The molecule has 1 aliphatic heterocycles. The van der Waals surface area contributed by atoms with E-state index in [0.29, 0.717) is 18.0 Å². The van der Waals surface area contributed by atoms with E-state index >= 15 is 0 Å². The second kappa shape index (κ2) is 9.19. The highest BCUT2D eigenvalue weighted by Gasteiger charge is 2.20. The second-order valence-corrected chi connectivity index (χ2v) is 7.06. The Morgan fingerprint density at radius 3 is 2.70 bits per heavy atom. The molecular weight excluding hydrogens is 369 g/mol. The van der Waals surface area contributed by atoms with E-state index in [-0.39, 0.29) is 5.82 Å². The number of aromatic nitrogens is 1. The van der Waals surface area contributed by atoms with Crippen LogP contribution in [0.1, 0.15) is 17.0 Å². The predicted molar refractivity (Wildman–Crippen MR) is 105 cm³/mol. The Hall–Kier alpha value is -2.12. The van der Waals surface area contributed by atoms with Crippen molar-refractivity contribution >= 4 is 17.6 Å². The van der Waals surface area contributed by atoms with Crippen LogP contribution in [0.15, 0.2) is 33.8 Å². The fourth-order valence-corrected chi connectivity index (χ4v) is 3.47. The van der Waals surface area contributed by atoms with Gasteiger partial charge >= 0.3 is 0 Å². The van der Waals surface area contributed by atoms with Crippen LogP contribution in [0, 0.1) is 12.7 Å². The average molecular weight is 394 g/mol. The summed E-state index contributed by atoms with van der Waals surface area (Å²) in [4.78, 5) is 8.99. The van der Waals surface area contributed by atoms with Gasteiger partial charge < -0.3 is 14.7 Å². The first-order valence-electron chi connectivity index (χ1n) is 9.09. The Kier molecular flexibility index (Phi) is 6.68. The van der Waals surface area contributed by atoms with Gasteiger partial charge in [-0.1, -0.05) is 22.8 Å². The van der Waals surface area contributed by atoms with Gasteiger partial charge in [0.2, 0.25) is 0 Å². The Morgan fingerprint density at radius 1 is 1.30 bits per heavy atom. The minimum atomic E-state index is -0.314. The smallest absolute Gasteiger partial charge is 0.193 e. The third kappa shape index (κ3) is 5.43. The molecule has 0 saturated carbocycles. The molecule has 0 spiro atoms. The van der Waals surface area contributed by atoms with Crippen LogP contribution in [0.4, 0.5) is 4.39 Å². The predicted octanol–water partition coefficient (Wildman–Crippen LogP) is 2.71. The molecule has 1 aromatic heterocycles. The number of benzene rings is 1. The number of aryl methyl sites for hydroxylation is 1. The number of nitrogens with one attached hydrogen (secondary N) is 1. The number of hydrogen-bond acceptors (Lipinski definition) is 4. The van der Waals surface area contributed by atoms with Gasteiger partial charge in [-0.2, -0.15) is 0 Å². The molecule has 0 atom stereocenters. The minimum absolute atomic E-state index is 0.314. The van der Waals surface area contributed by atoms with Crippen LogP contribution in [0.3, 0.4) is 0 Å². The number of halogens is 2. The Bertz CT molecular complexity index is 786. The molecule has 3 rings (SSSR count). The molecule has 1 aromatic carbocycles. The molecule has 1 fully saturated rings. The fourth-order valence-electron chi connectivity index (χ4n) is 3.21. The molecule has 27 heavy (non-hydrogen) atoms. The van der Waals surface area contributed by atoms with Crippen LogP contribution in [0.2, 0.25) is 5.02 Å². The molecule has 6 nitrogen and oxygen atoms in total. The first kappa shape index (κ1) is 19.6. The molecule has 0 aliphatic carbocycles. The SMILES string of the molecule is CN=C(NCCc1ccc(F)cc1Cl)N1CCN(Cc2cc(C)on2)CC1. The molecular formula is C19H25ClFN5O. The van der Waals surface area contributed by atoms with E-state index in [1.165, 1.54) is 12.1 Å². The molecule has 0 unspecified atom stereocenters. The van der Waals surface area contributed by atoms with Crippen molar-refractivity contribution < 1.29 is 8.91 Å². The first-order valence-corrected chi connectivity index (χ1v) is 9.47. The zero-order chi connectivity index (χ0) is 19.2. The van der Waals surface area contributed by atoms with E-state index in [0.717, 1.165) is 55.7 Å². The monoisotopic (exact) mass is 393 g/mol. The molecule has 0 amide bonds. The van der Waals surface area contributed by atoms with E-state index in [2.05, 4.69) is 25.3 Å². The highest BCUT2D eigenvalue weighted by molar-refractivity contribution is 6.31. The standard InChI is InChI=1S/C19H25ClFN5O/c1-14-11-17(24-27-14)13-25-7-9-26(10-8-25)19(22-2)23-6-5-15-3-4-16(21)12-18(15)20/h3-4,11-12H,5-10,13H2,1-2H3,(H,22,23). The lowest BCUT2D eigenvalue weighted by Crippen LogP contribution is -2.52. The highest BCUT2D eigenvalue weighted by Crippen LogP contribution is 2.17. The van der Waals surface area contributed by atoms with Gasteiger partial charge in [0.15, 0.2) is 5.96 Å². The summed E-state index contributed by atoms with van der Waals surface area (Å²) in [6.45, 7) is 7.08. The zero-order valence-electron chi connectivity index (χ0n) is 15.7. The zero-order valence-corrected chi connectivity index (χ0v) is 16.5. The first-order chi connectivity index (χ1) is 13.0. The second-order valence-electron chi connectivity index (χ2n) is 6.65. The maximum absolute atomic E-state index is 13.1. The number of rotatable bonds is 5. The molecule has 8 heteroatoms. The van der Waals surface area contributed by atoms with Crippen LogP contribution in [-0.2, 0) is 13.0 Å². The van der Waals surface area contributed by atoms with Gasteiger partial charge in [-0.05, 0) is 31.0 Å². The van der Waals surface area contributed by atoms with Crippen LogP contribution in [0.5, 0.6) is 0 Å². The number of nitrogens with zero attached hydrogens (tertiary/aromatic N) is 4. The third-order valence-corrected chi connectivity index (χ3v) is 4.99. The van der Waals surface area contributed by atoms with Crippen molar-refractivity contribution in [3.8, 4) is 0 Å². The fraction of sp³-hybridized carbons (Fsp3) is 0.474. The molecule has 2 aromatic rings. The van der Waals surface area contributed by atoms with Crippen LogP contribution in [-0.4, -0.2) is 60.7 Å². The normalized spacial score (nSPS) is 16.0. The van der Waals surface area contributed by atoms with Crippen LogP contribution >= 0.6 is 11.6 Å². The quantitative estimate of drug-likeness (QED) is 0.625. The maximum atomic E-state index is 13.1.